The van der Waals surface area contributed by atoms with Gasteiger partial charge in [-0.2, -0.15) is 20.4 Å². The minimum Gasteiger partial charge on any atom is -1.00 e. The van der Waals surface area contributed by atoms with Gasteiger partial charge in [-0.25, -0.2) is 43.3 Å². The molecule has 0 unspecified atom stereocenters. The van der Waals surface area contributed by atoms with Crippen LogP contribution in [0, 0.1) is 13.8 Å². The number of hydrogen-bond donors (Lipinski definition) is 1. The van der Waals surface area contributed by atoms with E-state index in [1.165, 1.54) is 12.8 Å². The normalized spacial score (nSPS) is 11.8. The number of rotatable bonds is 15. The largest absolute Gasteiger partial charge is 1.00 e. The average molecular weight is 910 g/mol. The van der Waals surface area contributed by atoms with Gasteiger partial charge in [0.15, 0.2) is 52.1 Å². The first kappa shape index (κ1) is 51.0. The van der Waals surface area contributed by atoms with Crippen molar-refractivity contribution in [2.24, 2.45) is 0 Å². The molecule has 0 bridgehead atoms. The summed E-state index contributed by atoms with van der Waals surface area (Å²) in [6.45, 7) is 8.38. The molecule has 66 heavy (non-hydrogen) atoms. The SMILES string of the molecule is C1CCOC1.CCOC(=O)Cn1nc(-c2ccccc2)nc1CCc1nc2c(OC)ncc(C)n2n1.COc1ccc(C)n2nc(CCc3nc(-c4ccccc4)nn3CCO)nc12.[AlH3].[H-].[Li+]. The van der Waals surface area contributed by atoms with Gasteiger partial charge in [0, 0.05) is 55.7 Å². The number of hydrogen-bond acceptors (Lipinski definition) is 15. The summed E-state index contributed by atoms with van der Waals surface area (Å²) in [6.07, 6.45) is 6.50. The first-order chi connectivity index (χ1) is 31.3. The Balaban J connectivity index is 0.000000255. The molecule has 1 saturated heterocycles. The quantitative estimate of drug-likeness (QED) is 0.112. The van der Waals surface area contributed by atoms with Crippen LogP contribution in [0.3, 0.4) is 0 Å². The Morgan fingerprint density at radius 3 is 1.80 bits per heavy atom. The van der Waals surface area contributed by atoms with Gasteiger partial charge in [-0.1, -0.05) is 60.7 Å². The van der Waals surface area contributed by atoms with Gasteiger partial charge in [-0.05, 0) is 45.7 Å². The number of aromatic nitrogens is 13. The van der Waals surface area contributed by atoms with Crippen molar-refractivity contribution in [2.45, 2.75) is 72.4 Å². The first-order valence-electron chi connectivity index (χ1n) is 21.3. The summed E-state index contributed by atoms with van der Waals surface area (Å²) < 4.78 is 27.5. The van der Waals surface area contributed by atoms with E-state index in [2.05, 4.69) is 45.3 Å². The van der Waals surface area contributed by atoms with E-state index in [4.69, 9.17) is 18.9 Å². The third-order valence-corrected chi connectivity index (χ3v) is 10.1. The molecule has 1 aliphatic heterocycles. The predicted octanol–water partition coefficient (Wildman–Crippen LogP) is 0.860. The summed E-state index contributed by atoms with van der Waals surface area (Å²) in [6, 6.07) is 23.3. The van der Waals surface area contributed by atoms with Crippen LogP contribution in [0.1, 0.15) is 55.9 Å². The molecule has 0 amide bonds. The molecule has 8 aromatic rings. The monoisotopic (exact) mass is 909 g/mol. The van der Waals surface area contributed by atoms with Gasteiger partial charge < -0.3 is 25.5 Å². The molecule has 9 rings (SSSR count). The first-order valence-corrected chi connectivity index (χ1v) is 21.3. The van der Waals surface area contributed by atoms with E-state index in [0.29, 0.717) is 90.9 Å². The van der Waals surface area contributed by atoms with Gasteiger partial charge in [0.25, 0.3) is 5.88 Å². The van der Waals surface area contributed by atoms with Crippen LogP contribution in [-0.4, -0.2) is 133 Å². The average Bonchev–Trinajstić information content (AvgIpc) is 4.18. The van der Waals surface area contributed by atoms with Crippen molar-refractivity contribution in [3.05, 3.63) is 114 Å². The van der Waals surface area contributed by atoms with E-state index in [1.807, 2.05) is 86.6 Å². The molecule has 0 radical (unpaired) electrons. The number of benzene rings is 2. The van der Waals surface area contributed by atoms with Gasteiger partial charge in [-0.15, -0.1) is 0 Å². The molecule has 0 saturated carbocycles. The second kappa shape index (κ2) is 25.1. The smallest absolute Gasteiger partial charge is 1.00 e. The number of fused-ring (bicyclic) bond motifs is 2. The molecule has 1 fully saturated rings. The van der Waals surface area contributed by atoms with Crippen molar-refractivity contribution in [3.63, 3.8) is 0 Å². The van der Waals surface area contributed by atoms with Crippen LogP contribution in [0.2, 0.25) is 0 Å². The molecular formula is C45H57AlLiN13O6. The maximum atomic E-state index is 12.1. The number of aliphatic hydroxyl groups is 1. The molecule has 19 nitrogen and oxygen atoms in total. The van der Waals surface area contributed by atoms with Crippen molar-refractivity contribution < 1.29 is 49.1 Å². The van der Waals surface area contributed by atoms with Crippen LogP contribution < -0.4 is 28.3 Å². The summed E-state index contributed by atoms with van der Waals surface area (Å²) >= 11 is 0. The van der Waals surface area contributed by atoms with Crippen LogP contribution in [0.15, 0.2) is 79.0 Å². The predicted molar refractivity (Wildman–Crippen MR) is 247 cm³/mol. The zero-order chi connectivity index (χ0) is 44.8. The molecule has 2 aromatic carbocycles. The molecule has 342 valence electrons. The molecule has 1 aliphatic rings. The van der Waals surface area contributed by atoms with Gasteiger partial charge in [0.1, 0.15) is 18.2 Å². The maximum absolute atomic E-state index is 12.1. The zero-order valence-electron chi connectivity index (χ0n) is 38.8. The van der Waals surface area contributed by atoms with E-state index < -0.39 is 0 Å². The van der Waals surface area contributed by atoms with Crippen molar-refractivity contribution >= 4 is 34.6 Å². The Morgan fingerprint density at radius 2 is 1.27 bits per heavy atom. The molecule has 6 aromatic heterocycles. The van der Waals surface area contributed by atoms with E-state index in [1.54, 1.807) is 45.7 Å². The molecule has 0 spiro atoms. The fourth-order valence-electron chi connectivity index (χ4n) is 6.84. The number of methoxy groups -OCH3 is 2. The van der Waals surface area contributed by atoms with Crippen LogP contribution >= 0.6 is 0 Å². The van der Waals surface area contributed by atoms with Crippen molar-refractivity contribution in [2.75, 3.05) is 40.6 Å². The van der Waals surface area contributed by atoms with E-state index in [0.717, 1.165) is 41.6 Å². The number of aliphatic hydroxyl groups excluding tert-OH is 1. The summed E-state index contributed by atoms with van der Waals surface area (Å²) in [5, 5.41) is 27.6. The fourth-order valence-corrected chi connectivity index (χ4v) is 6.84. The summed E-state index contributed by atoms with van der Waals surface area (Å²) in [4.78, 5) is 34.8. The maximum Gasteiger partial charge on any atom is 1.00 e. The Bertz CT molecular complexity index is 2760. The van der Waals surface area contributed by atoms with Crippen molar-refractivity contribution in [1.29, 1.82) is 0 Å². The molecule has 21 heteroatoms. The summed E-state index contributed by atoms with van der Waals surface area (Å²) in [5.41, 5.74) is 4.95. The van der Waals surface area contributed by atoms with Crippen LogP contribution in [0.4, 0.5) is 0 Å². The number of nitrogens with zero attached hydrogens (tertiary/aromatic N) is 13. The van der Waals surface area contributed by atoms with Crippen molar-refractivity contribution in [3.8, 4) is 34.4 Å². The molecular weight excluding hydrogens is 853 g/mol. The summed E-state index contributed by atoms with van der Waals surface area (Å²) in [5.74, 6) is 4.77. The topological polar surface area (TPSA) is 209 Å². The molecule has 7 heterocycles. The van der Waals surface area contributed by atoms with Gasteiger partial charge in [0.05, 0.1) is 45.9 Å². The second-order valence-corrected chi connectivity index (χ2v) is 14.6. The Hall–Kier alpha value is -5.99. The minimum atomic E-state index is -0.356. The third kappa shape index (κ3) is 12.9. The number of aryl methyl sites for hydroxylation is 6. The Labute approximate surface area is 406 Å². The number of esters is 1. The van der Waals surface area contributed by atoms with Gasteiger partial charge >= 0.3 is 24.8 Å². The van der Waals surface area contributed by atoms with Crippen molar-refractivity contribution in [1.82, 2.24) is 63.7 Å². The van der Waals surface area contributed by atoms with E-state index in [-0.39, 0.29) is 56.8 Å². The number of carbonyl (C=O) groups is 1. The fraction of sp³-hybridized carbons (Fsp3) is 0.378. The third-order valence-electron chi connectivity index (χ3n) is 10.1. The number of pyridine rings is 1. The standard InChI is InChI=1S/C21H23N7O3.C20H22N6O2.C4H8O.Al.Li.4H/c1-4-31-18(29)13-27-17(24-19(26-27)15-8-6-5-7-9-15)11-10-16-23-20-21(30-3)22-12-14(2)28(20)25-16;1-14-8-9-16(28-2)20-21-17(23-26(14)20)10-11-18-22-19(24-25(18)12-13-27)15-6-4-3-5-7-15;1-2-4-5-3-1;;;;;;/h5-9,12H,4,10-11,13H2,1-3H3;3-9,27H,10-13H2,1-2H3;1-4H2;;;;;;/q;;;;+1;;;;-1. The number of ether oxygens (including phenoxy) is 4. The van der Waals surface area contributed by atoms with Crippen LogP contribution in [0.5, 0.6) is 11.6 Å². The Kier molecular flexibility index (Phi) is 19.4. The second-order valence-electron chi connectivity index (χ2n) is 14.6. The van der Waals surface area contributed by atoms with E-state index in [9.17, 15) is 9.90 Å². The number of carbonyl (C=O) groups excluding carboxylic acids is 1. The van der Waals surface area contributed by atoms with Crippen LogP contribution in [0.25, 0.3) is 34.1 Å². The summed E-state index contributed by atoms with van der Waals surface area (Å²) in [7, 11) is 3.18. The molecule has 0 atom stereocenters. The minimum absolute atomic E-state index is 0. The zero-order valence-corrected chi connectivity index (χ0v) is 37.8. The Morgan fingerprint density at radius 1 is 0.712 bits per heavy atom. The van der Waals surface area contributed by atoms with Gasteiger partial charge in [0.2, 0.25) is 5.65 Å². The molecule has 0 aliphatic carbocycles. The van der Waals surface area contributed by atoms with Gasteiger partial charge in [-0.3, -0.25) is 4.79 Å². The van der Waals surface area contributed by atoms with Crippen LogP contribution in [-0.2, 0) is 53.0 Å². The molecule has 1 N–H and O–H groups in total. The van der Waals surface area contributed by atoms with E-state index >= 15 is 0 Å².